The second-order valence-corrected chi connectivity index (χ2v) is 5.86. The first-order valence-electron chi connectivity index (χ1n) is 7.31. The van der Waals surface area contributed by atoms with Crippen LogP contribution in [0.3, 0.4) is 0 Å². The fourth-order valence-electron chi connectivity index (χ4n) is 3.20. The van der Waals surface area contributed by atoms with Gasteiger partial charge in [0.15, 0.2) is 0 Å². The molecule has 1 spiro atoms. The number of nitrogens with zero attached hydrogens (tertiary/aromatic N) is 4. The molecule has 2 aromatic heterocycles. The van der Waals surface area contributed by atoms with Crippen molar-refractivity contribution in [2.75, 3.05) is 11.1 Å². The number of aromatic nitrogens is 4. The Hall–Kier alpha value is -2.97. The van der Waals surface area contributed by atoms with Crippen LogP contribution in [0.1, 0.15) is 35.3 Å². The quantitative estimate of drug-likeness (QED) is 0.725. The summed E-state index contributed by atoms with van der Waals surface area (Å²) in [6.07, 6.45) is 3.76. The van der Waals surface area contributed by atoms with Gasteiger partial charge in [-0.05, 0) is 37.8 Å². The van der Waals surface area contributed by atoms with Crippen molar-refractivity contribution in [2.24, 2.45) is 0 Å². The number of hydrogen-bond acceptors (Lipinski definition) is 7. The summed E-state index contributed by atoms with van der Waals surface area (Å²) in [6.45, 7) is 1.80. The zero-order valence-electron chi connectivity index (χ0n) is 12.5. The normalized spacial score (nSPS) is 17.5. The predicted molar refractivity (Wildman–Crippen MR) is 82.3 cm³/mol. The number of nitrogens with one attached hydrogen (secondary N) is 2. The van der Waals surface area contributed by atoms with Gasteiger partial charge >= 0.3 is 0 Å². The van der Waals surface area contributed by atoms with Gasteiger partial charge in [0, 0.05) is 0 Å². The van der Waals surface area contributed by atoms with Gasteiger partial charge in [0.1, 0.15) is 23.4 Å². The summed E-state index contributed by atoms with van der Waals surface area (Å²) in [6, 6.07) is 1.63. The lowest BCUT2D eigenvalue weighted by atomic mass is 9.85. The number of rotatable bonds is 2. The maximum absolute atomic E-state index is 12.9. The SMILES string of the molecule is Cc1cc(Nc2ncnc(N)n2)c(=O)n2c1C(=O)NC21CCC1. The van der Waals surface area contributed by atoms with E-state index in [1.165, 1.54) is 6.33 Å². The van der Waals surface area contributed by atoms with Crippen molar-refractivity contribution in [1.29, 1.82) is 0 Å². The van der Waals surface area contributed by atoms with Crippen LogP contribution in [0.25, 0.3) is 0 Å². The lowest BCUT2D eigenvalue weighted by Gasteiger charge is -2.39. The molecule has 0 aromatic carbocycles. The molecule has 1 aliphatic heterocycles. The zero-order valence-corrected chi connectivity index (χ0v) is 12.5. The third kappa shape index (κ3) is 1.89. The molecule has 9 heteroatoms. The van der Waals surface area contributed by atoms with Crippen molar-refractivity contribution in [3.8, 4) is 0 Å². The molecule has 4 N–H and O–H groups in total. The Bertz CT molecular complexity index is 885. The number of aryl methyl sites for hydroxylation is 1. The maximum atomic E-state index is 12.9. The Balaban J connectivity index is 1.84. The van der Waals surface area contributed by atoms with Crippen molar-refractivity contribution >= 4 is 23.5 Å². The summed E-state index contributed by atoms with van der Waals surface area (Å²) in [5.74, 6) is 0.0533. The highest BCUT2D eigenvalue weighted by atomic mass is 16.2. The van der Waals surface area contributed by atoms with E-state index >= 15 is 0 Å². The molecule has 0 saturated heterocycles. The van der Waals surface area contributed by atoms with Gasteiger partial charge < -0.3 is 16.4 Å². The minimum Gasteiger partial charge on any atom is -0.368 e. The molecule has 1 aliphatic carbocycles. The van der Waals surface area contributed by atoms with Gasteiger partial charge in [0.25, 0.3) is 11.5 Å². The highest BCUT2D eigenvalue weighted by Gasteiger charge is 2.48. The number of anilines is 3. The number of amides is 1. The molecule has 0 radical (unpaired) electrons. The first-order valence-corrected chi connectivity index (χ1v) is 7.31. The molecule has 0 bridgehead atoms. The van der Waals surface area contributed by atoms with Crippen LogP contribution in [0, 0.1) is 6.92 Å². The molecule has 1 saturated carbocycles. The number of nitrogens with two attached hydrogens (primary N) is 1. The smallest absolute Gasteiger partial charge is 0.276 e. The molecule has 1 amide bonds. The van der Waals surface area contributed by atoms with Crippen molar-refractivity contribution in [3.05, 3.63) is 34.0 Å². The Labute approximate surface area is 131 Å². The molecule has 4 rings (SSSR count). The average molecular weight is 313 g/mol. The number of fused-ring (bicyclic) bond motifs is 2. The van der Waals surface area contributed by atoms with E-state index in [4.69, 9.17) is 5.73 Å². The number of nitrogen functional groups attached to an aromatic ring is 1. The molecule has 9 nitrogen and oxygen atoms in total. The van der Waals surface area contributed by atoms with Crippen LogP contribution in [0.4, 0.5) is 17.6 Å². The number of hydrogen-bond donors (Lipinski definition) is 3. The van der Waals surface area contributed by atoms with Gasteiger partial charge in [-0.15, -0.1) is 0 Å². The zero-order chi connectivity index (χ0) is 16.2. The van der Waals surface area contributed by atoms with E-state index in [1.807, 2.05) is 0 Å². The number of carbonyl (C=O) groups excluding carboxylic acids is 1. The van der Waals surface area contributed by atoms with E-state index in [1.54, 1.807) is 17.6 Å². The Morgan fingerprint density at radius 3 is 2.78 bits per heavy atom. The van der Waals surface area contributed by atoms with Crippen LogP contribution in [0.2, 0.25) is 0 Å². The highest BCUT2D eigenvalue weighted by Crippen LogP contribution is 2.40. The first-order chi connectivity index (χ1) is 11.0. The van der Waals surface area contributed by atoms with E-state index < -0.39 is 5.66 Å². The Morgan fingerprint density at radius 2 is 2.13 bits per heavy atom. The summed E-state index contributed by atoms with van der Waals surface area (Å²) in [5.41, 5.74) is 6.12. The van der Waals surface area contributed by atoms with Crippen molar-refractivity contribution < 1.29 is 4.79 Å². The van der Waals surface area contributed by atoms with Crippen LogP contribution >= 0.6 is 0 Å². The molecule has 23 heavy (non-hydrogen) atoms. The Morgan fingerprint density at radius 1 is 1.35 bits per heavy atom. The van der Waals surface area contributed by atoms with Crippen molar-refractivity contribution in [1.82, 2.24) is 24.8 Å². The molecular formula is C14H15N7O2. The van der Waals surface area contributed by atoms with Crippen LogP contribution < -0.4 is 21.9 Å². The number of pyridine rings is 1. The van der Waals surface area contributed by atoms with Gasteiger partial charge in [-0.25, -0.2) is 9.97 Å². The third-order valence-corrected chi connectivity index (χ3v) is 4.40. The van der Waals surface area contributed by atoms with E-state index in [0.717, 1.165) is 24.8 Å². The fraction of sp³-hybridized carbons (Fsp3) is 0.357. The summed E-state index contributed by atoms with van der Waals surface area (Å²) < 4.78 is 1.57. The molecule has 3 heterocycles. The second kappa shape index (κ2) is 4.51. The van der Waals surface area contributed by atoms with Crippen LogP contribution in [0.15, 0.2) is 17.2 Å². The minimum atomic E-state index is -0.579. The van der Waals surface area contributed by atoms with Gasteiger partial charge in [-0.1, -0.05) is 0 Å². The average Bonchev–Trinajstić information content (AvgIpc) is 2.79. The van der Waals surface area contributed by atoms with E-state index in [-0.39, 0.29) is 23.4 Å². The maximum Gasteiger partial charge on any atom is 0.276 e. The van der Waals surface area contributed by atoms with Gasteiger partial charge in [0.2, 0.25) is 11.9 Å². The van der Waals surface area contributed by atoms with E-state index in [9.17, 15) is 9.59 Å². The van der Waals surface area contributed by atoms with Gasteiger partial charge in [-0.3, -0.25) is 14.2 Å². The van der Waals surface area contributed by atoms with Crippen molar-refractivity contribution in [2.45, 2.75) is 31.8 Å². The Kier molecular flexibility index (Phi) is 2.68. The third-order valence-electron chi connectivity index (χ3n) is 4.40. The topological polar surface area (TPSA) is 128 Å². The molecule has 2 aromatic rings. The van der Waals surface area contributed by atoms with Gasteiger partial charge in [-0.2, -0.15) is 4.98 Å². The lowest BCUT2D eigenvalue weighted by Crippen LogP contribution is -2.52. The van der Waals surface area contributed by atoms with E-state index in [0.29, 0.717) is 11.4 Å². The molecule has 1 fully saturated rings. The number of carbonyl (C=O) groups is 1. The van der Waals surface area contributed by atoms with Crippen LogP contribution in [0.5, 0.6) is 0 Å². The van der Waals surface area contributed by atoms with Crippen LogP contribution in [-0.4, -0.2) is 25.4 Å². The van der Waals surface area contributed by atoms with Crippen molar-refractivity contribution in [3.63, 3.8) is 0 Å². The monoisotopic (exact) mass is 313 g/mol. The second-order valence-electron chi connectivity index (χ2n) is 5.86. The molecule has 2 aliphatic rings. The standard InChI is InChI=1S/C14H15N7O2/c1-7-5-8(18-13-17-6-16-12(15)19-13)11(23)21-9(7)10(22)20-14(21)3-2-4-14/h5-6H,2-4H2,1H3,(H,20,22)(H3,15,16,17,18,19). The highest BCUT2D eigenvalue weighted by molar-refractivity contribution is 5.97. The lowest BCUT2D eigenvalue weighted by molar-refractivity contribution is 0.0790. The summed E-state index contributed by atoms with van der Waals surface area (Å²) in [7, 11) is 0. The summed E-state index contributed by atoms with van der Waals surface area (Å²) in [5, 5.41) is 5.82. The molecule has 0 unspecified atom stereocenters. The largest absolute Gasteiger partial charge is 0.368 e. The predicted octanol–water partition coefficient (Wildman–Crippen LogP) is 0.248. The minimum absolute atomic E-state index is 0.0628. The first kappa shape index (κ1) is 13.7. The summed E-state index contributed by atoms with van der Waals surface area (Å²) in [4.78, 5) is 36.7. The van der Waals surface area contributed by atoms with E-state index in [2.05, 4.69) is 25.6 Å². The van der Waals surface area contributed by atoms with Crippen LogP contribution in [-0.2, 0) is 5.66 Å². The molecule has 0 atom stereocenters. The molecular weight excluding hydrogens is 298 g/mol. The fourth-order valence-corrected chi connectivity index (χ4v) is 3.20. The van der Waals surface area contributed by atoms with Gasteiger partial charge in [0.05, 0.1) is 0 Å². The molecule has 118 valence electrons. The summed E-state index contributed by atoms with van der Waals surface area (Å²) >= 11 is 0.